The highest BCUT2D eigenvalue weighted by Gasteiger charge is 2.20. The van der Waals surface area contributed by atoms with Gasteiger partial charge in [-0.1, -0.05) is 6.07 Å². The van der Waals surface area contributed by atoms with Crippen LogP contribution in [-0.4, -0.2) is 34.0 Å². The van der Waals surface area contributed by atoms with Crippen LogP contribution in [0.5, 0.6) is 11.5 Å². The summed E-state index contributed by atoms with van der Waals surface area (Å²) in [6.45, 7) is 0.691. The lowest BCUT2D eigenvalue weighted by molar-refractivity contribution is -0.00796. The maximum atomic E-state index is 5.88. The number of hydrogen-bond donors (Lipinski definition) is 1. The standard InChI is InChI=1S/C15H23NO3/c1-16-13(10-19-12-5-4-6-12)11-7-8-14(17-2)15(9-11)18-3/h7-9,12-13,16H,4-6,10H2,1-3H3. The monoisotopic (exact) mass is 265 g/mol. The molecule has 4 heteroatoms. The third-order valence-electron chi connectivity index (χ3n) is 3.71. The van der Waals surface area contributed by atoms with Crippen LogP contribution in [0.1, 0.15) is 30.9 Å². The summed E-state index contributed by atoms with van der Waals surface area (Å²) in [5.74, 6) is 1.50. The molecule has 0 radical (unpaired) electrons. The summed E-state index contributed by atoms with van der Waals surface area (Å²) in [4.78, 5) is 0. The topological polar surface area (TPSA) is 39.7 Å². The van der Waals surface area contributed by atoms with E-state index in [1.165, 1.54) is 19.3 Å². The highest BCUT2D eigenvalue weighted by Crippen LogP contribution is 2.30. The zero-order chi connectivity index (χ0) is 13.7. The second kappa shape index (κ2) is 6.78. The van der Waals surface area contributed by atoms with Crippen molar-refractivity contribution < 1.29 is 14.2 Å². The minimum atomic E-state index is 0.181. The summed E-state index contributed by atoms with van der Waals surface area (Å²) >= 11 is 0. The summed E-state index contributed by atoms with van der Waals surface area (Å²) in [5.41, 5.74) is 1.15. The molecule has 0 aromatic heterocycles. The Morgan fingerprint density at radius 1 is 1.21 bits per heavy atom. The first kappa shape index (κ1) is 14.2. The molecular weight excluding hydrogens is 242 g/mol. The third-order valence-corrected chi connectivity index (χ3v) is 3.71. The zero-order valence-corrected chi connectivity index (χ0v) is 11.9. The number of methoxy groups -OCH3 is 2. The van der Waals surface area contributed by atoms with Gasteiger partial charge in [0, 0.05) is 0 Å². The predicted molar refractivity (Wildman–Crippen MR) is 74.9 cm³/mol. The van der Waals surface area contributed by atoms with Gasteiger partial charge in [-0.2, -0.15) is 0 Å². The lowest BCUT2D eigenvalue weighted by Gasteiger charge is -2.28. The molecule has 0 bridgehead atoms. The molecule has 0 aliphatic heterocycles. The van der Waals surface area contributed by atoms with Gasteiger partial charge in [-0.15, -0.1) is 0 Å². The normalized spacial score (nSPS) is 16.8. The van der Waals surface area contributed by atoms with E-state index in [2.05, 4.69) is 5.32 Å². The van der Waals surface area contributed by atoms with Crippen LogP contribution in [0.3, 0.4) is 0 Å². The quantitative estimate of drug-likeness (QED) is 0.822. The van der Waals surface area contributed by atoms with Gasteiger partial charge in [-0.05, 0) is 44.0 Å². The van der Waals surface area contributed by atoms with Crippen LogP contribution in [0, 0.1) is 0 Å². The number of nitrogens with one attached hydrogen (secondary N) is 1. The largest absolute Gasteiger partial charge is 0.493 e. The third kappa shape index (κ3) is 3.39. The van der Waals surface area contributed by atoms with E-state index in [9.17, 15) is 0 Å². The number of rotatable bonds is 7. The molecule has 1 unspecified atom stereocenters. The molecule has 1 N–H and O–H groups in total. The molecule has 106 valence electrons. The van der Waals surface area contributed by atoms with Gasteiger partial charge in [0.15, 0.2) is 11.5 Å². The Morgan fingerprint density at radius 3 is 2.47 bits per heavy atom. The molecule has 1 aromatic carbocycles. The Labute approximate surface area is 115 Å². The maximum Gasteiger partial charge on any atom is 0.161 e. The Bertz CT molecular complexity index is 404. The minimum absolute atomic E-state index is 0.181. The summed E-state index contributed by atoms with van der Waals surface area (Å²) in [6.07, 6.45) is 4.15. The minimum Gasteiger partial charge on any atom is -0.493 e. The van der Waals surface area contributed by atoms with E-state index in [0.717, 1.165) is 17.1 Å². The van der Waals surface area contributed by atoms with Crippen molar-refractivity contribution >= 4 is 0 Å². The highest BCUT2D eigenvalue weighted by atomic mass is 16.5. The smallest absolute Gasteiger partial charge is 0.161 e. The summed E-state index contributed by atoms with van der Waals surface area (Å²) in [7, 11) is 5.25. The molecular formula is C15H23NO3. The van der Waals surface area contributed by atoms with E-state index in [0.29, 0.717) is 12.7 Å². The molecule has 1 saturated carbocycles. The van der Waals surface area contributed by atoms with Crippen LogP contribution in [0.2, 0.25) is 0 Å². The van der Waals surface area contributed by atoms with Gasteiger partial charge in [0.05, 0.1) is 33.0 Å². The van der Waals surface area contributed by atoms with E-state index < -0.39 is 0 Å². The molecule has 1 aliphatic rings. The van der Waals surface area contributed by atoms with E-state index >= 15 is 0 Å². The fourth-order valence-electron chi connectivity index (χ4n) is 2.19. The van der Waals surface area contributed by atoms with E-state index in [1.54, 1.807) is 14.2 Å². The Morgan fingerprint density at radius 2 is 1.95 bits per heavy atom. The van der Waals surface area contributed by atoms with Crippen molar-refractivity contribution in [2.24, 2.45) is 0 Å². The molecule has 1 aromatic rings. The first-order chi connectivity index (χ1) is 9.28. The summed E-state index contributed by atoms with van der Waals surface area (Å²) < 4.78 is 16.5. The van der Waals surface area contributed by atoms with Crippen molar-refractivity contribution in [1.29, 1.82) is 0 Å². The van der Waals surface area contributed by atoms with Gasteiger partial charge >= 0.3 is 0 Å². The van der Waals surface area contributed by atoms with Crippen LogP contribution in [0.4, 0.5) is 0 Å². The number of ether oxygens (including phenoxy) is 3. The zero-order valence-electron chi connectivity index (χ0n) is 11.9. The van der Waals surface area contributed by atoms with Crippen molar-refractivity contribution in [2.75, 3.05) is 27.9 Å². The first-order valence-electron chi connectivity index (χ1n) is 6.79. The van der Waals surface area contributed by atoms with Crippen molar-refractivity contribution in [3.8, 4) is 11.5 Å². The van der Waals surface area contributed by atoms with Gasteiger partial charge in [-0.3, -0.25) is 0 Å². The summed E-state index contributed by atoms with van der Waals surface area (Å²) in [6, 6.07) is 6.17. The average molecular weight is 265 g/mol. The molecule has 0 spiro atoms. The summed E-state index contributed by atoms with van der Waals surface area (Å²) in [5, 5.41) is 3.29. The number of benzene rings is 1. The predicted octanol–water partition coefficient (Wildman–Crippen LogP) is 2.53. The average Bonchev–Trinajstić information content (AvgIpc) is 2.41. The van der Waals surface area contributed by atoms with Gasteiger partial charge < -0.3 is 19.5 Å². The fraction of sp³-hybridized carbons (Fsp3) is 0.600. The van der Waals surface area contributed by atoms with Gasteiger partial charge in [0.25, 0.3) is 0 Å². The SMILES string of the molecule is CNC(COC1CCC1)c1ccc(OC)c(OC)c1. The lowest BCUT2D eigenvalue weighted by Crippen LogP contribution is -2.28. The van der Waals surface area contributed by atoms with Gasteiger partial charge in [0.2, 0.25) is 0 Å². The molecule has 1 atom stereocenters. The van der Waals surface area contributed by atoms with Gasteiger partial charge in [0.1, 0.15) is 0 Å². The van der Waals surface area contributed by atoms with Crippen LogP contribution >= 0.6 is 0 Å². The molecule has 0 saturated heterocycles. The second-order valence-electron chi connectivity index (χ2n) is 4.84. The van der Waals surface area contributed by atoms with Crippen molar-refractivity contribution in [2.45, 2.75) is 31.4 Å². The van der Waals surface area contributed by atoms with Crippen molar-refractivity contribution in [1.82, 2.24) is 5.32 Å². The molecule has 19 heavy (non-hydrogen) atoms. The Balaban J connectivity index is 2.03. The Kier molecular flexibility index (Phi) is 5.05. The molecule has 1 fully saturated rings. The van der Waals surface area contributed by atoms with Crippen LogP contribution < -0.4 is 14.8 Å². The van der Waals surface area contributed by atoms with Gasteiger partial charge in [-0.25, -0.2) is 0 Å². The number of hydrogen-bond acceptors (Lipinski definition) is 4. The lowest BCUT2D eigenvalue weighted by atomic mass is 9.96. The van der Waals surface area contributed by atoms with Crippen molar-refractivity contribution in [3.63, 3.8) is 0 Å². The molecule has 1 aliphatic carbocycles. The molecule has 2 rings (SSSR count). The van der Waals surface area contributed by atoms with Crippen LogP contribution in [-0.2, 0) is 4.74 Å². The first-order valence-corrected chi connectivity index (χ1v) is 6.79. The highest BCUT2D eigenvalue weighted by molar-refractivity contribution is 5.43. The fourth-order valence-corrected chi connectivity index (χ4v) is 2.19. The molecule has 0 heterocycles. The van der Waals surface area contributed by atoms with Crippen LogP contribution in [0.25, 0.3) is 0 Å². The number of likely N-dealkylation sites (N-methyl/N-ethyl adjacent to an activating group) is 1. The van der Waals surface area contributed by atoms with E-state index in [4.69, 9.17) is 14.2 Å². The second-order valence-corrected chi connectivity index (χ2v) is 4.84. The van der Waals surface area contributed by atoms with Crippen LogP contribution in [0.15, 0.2) is 18.2 Å². The maximum absolute atomic E-state index is 5.88. The molecule has 0 amide bonds. The van der Waals surface area contributed by atoms with Crippen molar-refractivity contribution in [3.05, 3.63) is 23.8 Å². The Hall–Kier alpha value is -1.26. The molecule has 4 nitrogen and oxygen atoms in total. The van der Waals surface area contributed by atoms with E-state index in [1.807, 2.05) is 25.2 Å². The van der Waals surface area contributed by atoms with E-state index in [-0.39, 0.29) is 6.04 Å².